The Labute approximate surface area is 60.5 Å². The molecular weight excluding hydrogens is 138 g/mol. The number of aromatic nitrogens is 2. The molecule has 1 N–H and O–H groups in total. The lowest BCUT2D eigenvalue weighted by atomic mass is 10.5. The quantitative estimate of drug-likeness (QED) is 0.640. The average Bonchev–Trinajstić information content (AvgIpc) is 2.12. The molecular formula is C5H10ClN3. The lowest BCUT2D eigenvalue weighted by molar-refractivity contribution is 1.09. The molecule has 1 rings (SSSR count). The van der Waals surface area contributed by atoms with Crippen LogP contribution in [-0.2, 0) is 0 Å². The fraction of sp³-hybridized carbons (Fsp3) is 0.400. The molecule has 4 heteroatoms. The third kappa shape index (κ3) is 1.93. The maximum atomic E-state index is 3.78. The van der Waals surface area contributed by atoms with Gasteiger partial charge in [-0.1, -0.05) is 0 Å². The van der Waals surface area contributed by atoms with Gasteiger partial charge in [-0.3, -0.25) is 5.10 Å². The summed E-state index contributed by atoms with van der Waals surface area (Å²) in [5, 5.41) is 6.50. The number of anilines is 1. The largest absolute Gasteiger partial charge is 0.375 e. The molecule has 0 fully saturated rings. The summed E-state index contributed by atoms with van der Waals surface area (Å²) in [5.41, 5.74) is 1.10. The van der Waals surface area contributed by atoms with Crippen LogP contribution in [-0.4, -0.2) is 24.3 Å². The first kappa shape index (κ1) is 8.30. The number of halogens is 1. The molecule has 0 aliphatic heterocycles. The van der Waals surface area contributed by atoms with E-state index in [1.807, 2.05) is 25.2 Å². The highest BCUT2D eigenvalue weighted by Crippen LogP contribution is 2.03. The zero-order valence-electron chi connectivity index (χ0n) is 5.46. The van der Waals surface area contributed by atoms with Gasteiger partial charge in [0.15, 0.2) is 0 Å². The van der Waals surface area contributed by atoms with Gasteiger partial charge < -0.3 is 4.90 Å². The van der Waals surface area contributed by atoms with Gasteiger partial charge in [0.1, 0.15) is 0 Å². The third-order valence-corrected chi connectivity index (χ3v) is 1.00. The minimum absolute atomic E-state index is 0. The van der Waals surface area contributed by atoms with Gasteiger partial charge in [0.2, 0.25) is 0 Å². The molecule has 52 valence electrons. The predicted octanol–water partition coefficient (Wildman–Crippen LogP) is 0.897. The maximum Gasteiger partial charge on any atom is 0.0744 e. The molecule has 0 aliphatic carbocycles. The van der Waals surface area contributed by atoms with E-state index < -0.39 is 0 Å². The first-order valence-corrected chi connectivity index (χ1v) is 2.47. The minimum Gasteiger partial charge on any atom is -0.375 e. The van der Waals surface area contributed by atoms with Crippen LogP contribution in [0.4, 0.5) is 5.69 Å². The van der Waals surface area contributed by atoms with Crippen molar-refractivity contribution in [1.29, 1.82) is 0 Å². The lowest BCUT2D eigenvalue weighted by Crippen LogP contribution is -2.06. The van der Waals surface area contributed by atoms with Crippen LogP contribution in [0, 0.1) is 0 Å². The van der Waals surface area contributed by atoms with E-state index >= 15 is 0 Å². The smallest absolute Gasteiger partial charge is 0.0744 e. The summed E-state index contributed by atoms with van der Waals surface area (Å²) in [7, 11) is 3.95. The van der Waals surface area contributed by atoms with Gasteiger partial charge >= 0.3 is 0 Å². The molecule has 3 nitrogen and oxygen atoms in total. The molecule has 0 unspecified atom stereocenters. The van der Waals surface area contributed by atoms with Crippen LogP contribution in [0.15, 0.2) is 12.4 Å². The van der Waals surface area contributed by atoms with Gasteiger partial charge in [0.25, 0.3) is 0 Å². The molecule has 0 amide bonds. The Bertz CT molecular complexity index is 147. The van der Waals surface area contributed by atoms with E-state index in [-0.39, 0.29) is 12.4 Å². The number of hydrogen-bond acceptors (Lipinski definition) is 2. The molecule has 0 saturated heterocycles. The summed E-state index contributed by atoms with van der Waals surface area (Å²) in [4.78, 5) is 1.99. The molecule has 9 heavy (non-hydrogen) atoms. The van der Waals surface area contributed by atoms with Gasteiger partial charge in [-0.25, -0.2) is 0 Å². The fourth-order valence-corrected chi connectivity index (χ4v) is 0.489. The summed E-state index contributed by atoms with van der Waals surface area (Å²) in [6.07, 6.45) is 3.62. The molecule has 1 heterocycles. The first-order chi connectivity index (χ1) is 3.80. The molecule has 1 aromatic heterocycles. The normalized spacial score (nSPS) is 8.22. The standard InChI is InChI=1S/C5H9N3.ClH/c1-8(2)5-3-6-7-4-5;/h3-4H,1-2H3,(H,6,7);1H. The Morgan fingerprint density at radius 3 is 2.44 bits per heavy atom. The van der Waals surface area contributed by atoms with Crippen LogP contribution in [0.2, 0.25) is 0 Å². The van der Waals surface area contributed by atoms with Crippen LogP contribution >= 0.6 is 12.4 Å². The Kier molecular flexibility index (Phi) is 3.09. The topological polar surface area (TPSA) is 31.9 Å². The zero-order chi connectivity index (χ0) is 5.98. The van der Waals surface area contributed by atoms with E-state index in [2.05, 4.69) is 10.2 Å². The summed E-state index contributed by atoms with van der Waals surface area (Å²) >= 11 is 0. The molecule has 0 saturated carbocycles. The van der Waals surface area contributed by atoms with E-state index in [1.165, 1.54) is 0 Å². The second kappa shape index (κ2) is 3.35. The van der Waals surface area contributed by atoms with Gasteiger partial charge in [-0.2, -0.15) is 5.10 Å². The summed E-state index contributed by atoms with van der Waals surface area (Å²) in [6.45, 7) is 0. The van der Waals surface area contributed by atoms with Crippen molar-refractivity contribution in [2.75, 3.05) is 19.0 Å². The molecule has 0 bridgehead atoms. The van der Waals surface area contributed by atoms with E-state index in [9.17, 15) is 0 Å². The predicted molar refractivity (Wildman–Crippen MR) is 40.2 cm³/mol. The average molecular weight is 148 g/mol. The van der Waals surface area contributed by atoms with Gasteiger partial charge in [-0.15, -0.1) is 12.4 Å². The summed E-state index contributed by atoms with van der Waals surface area (Å²) in [5.74, 6) is 0. The zero-order valence-corrected chi connectivity index (χ0v) is 6.27. The Hall–Kier alpha value is -0.700. The molecule has 0 aliphatic rings. The molecule has 0 atom stereocenters. The first-order valence-electron chi connectivity index (χ1n) is 2.47. The highest BCUT2D eigenvalue weighted by Gasteiger charge is 1.90. The number of nitrogens with zero attached hydrogens (tertiary/aromatic N) is 2. The van der Waals surface area contributed by atoms with Crippen molar-refractivity contribution in [2.24, 2.45) is 0 Å². The van der Waals surface area contributed by atoms with Crippen LogP contribution in [0.25, 0.3) is 0 Å². The number of aromatic amines is 1. The number of nitrogens with one attached hydrogen (secondary N) is 1. The highest BCUT2D eigenvalue weighted by atomic mass is 35.5. The van der Waals surface area contributed by atoms with Crippen LogP contribution < -0.4 is 4.90 Å². The van der Waals surface area contributed by atoms with Gasteiger partial charge in [0.05, 0.1) is 11.9 Å². The molecule has 0 spiro atoms. The van der Waals surface area contributed by atoms with E-state index in [0.717, 1.165) is 5.69 Å². The highest BCUT2D eigenvalue weighted by molar-refractivity contribution is 5.85. The van der Waals surface area contributed by atoms with Crippen molar-refractivity contribution < 1.29 is 0 Å². The molecule has 0 radical (unpaired) electrons. The number of rotatable bonds is 1. The monoisotopic (exact) mass is 147 g/mol. The van der Waals surface area contributed by atoms with E-state index in [1.54, 1.807) is 6.20 Å². The van der Waals surface area contributed by atoms with Gasteiger partial charge in [0, 0.05) is 20.3 Å². The molecule has 1 aromatic rings. The van der Waals surface area contributed by atoms with Crippen LogP contribution in [0.3, 0.4) is 0 Å². The van der Waals surface area contributed by atoms with E-state index in [4.69, 9.17) is 0 Å². The van der Waals surface area contributed by atoms with Crippen molar-refractivity contribution in [1.82, 2.24) is 10.2 Å². The van der Waals surface area contributed by atoms with Crippen molar-refractivity contribution in [2.45, 2.75) is 0 Å². The van der Waals surface area contributed by atoms with Crippen molar-refractivity contribution in [3.8, 4) is 0 Å². The third-order valence-electron chi connectivity index (χ3n) is 1.00. The van der Waals surface area contributed by atoms with Crippen molar-refractivity contribution in [3.63, 3.8) is 0 Å². The van der Waals surface area contributed by atoms with Crippen LogP contribution in [0.1, 0.15) is 0 Å². The van der Waals surface area contributed by atoms with Gasteiger partial charge in [-0.05, 0) is 0 Å². The number of hydrogen-bond donors (Lipinski definition) is 1. The Morgan fingerprint density at radius 1 is 1.56 bits per heavy atom. The van der Waals surface area contributed by atoms with Crippen molar-refractivity contribution >= 4 is 18.1 Å². The summed E-state index contributed by atoms with van der Waals surface area (Å²) < 4.78 is 0. The molecule has 0 aromatic carbocycles. The fourth-order valence-electron chi connectivity index (χ4n) is 0.489. The Morgan fingerprint density at radius 2 is 2.22 bits per heavy atom. The van der Waals surface area contributed by atoms with E-state index in [0.29, 0.717) is 0 Å². The van der Waals surface area contributed by atoms with Crippen LogP contribution in [0.5, 0.6) is 0 Å². The minimum atomic E-state index is 0. The second-order valence-electron chi connectivity index (χ2n) is 1.85. The lowest BCUT2D eigenvalue weighted by Gasteiger charge is -2.05. The summed E-state index contributed by atoms with van der Waals surface area (Å²) in [6, 6.07) is 0. The Balaban J connectivity index is 0.000000640. The number of H-pyrrole nitrogens is 1. The second-order valence-corrected chi connectivity index (χ2v) is 1.85. The van der Waals surface area contributed by atoms with Crippen molar-refractivity contribution in [3.05, 3.63) is 12.4 Å². The maximum absolute atomic E-state index is 3.78. The SMILES string of the molecule is CN(C)c1cn[nH]c1.Cl.